The minimum atomic E-state index is 0.383. The molecule has 1 unspecified atom stereocenters. The molecule has 0 saturated heterocycles. The Labute approximate surface area is 122 Å². The summed E-state index contributed by atoms with van der Waals surface area (Å²) in [4.78, 5) is 0. The number of aryl methyl sites for hydroxylation is 1. The van der Waals surface area contributed by atoms with Crippen LogP contribution in [0.4, 0.5) is 0 Å². The molecule has 1 atom stereocenters. The molecule has 1 aromatic heterocycles. The summed E-state index contributed by atoms with van der Waals surface area (Å²) < 4.78 is 6.50. The molecule has 0 bridgehead atoms. The fourth-order valence-corrected chi connectivity index (χ4v) is 2.43. The average molecular weight is 355 g/mol. The SMILES string of the molecule is CCC(NCc1ccc(I)o1)c1ccc(C)cc1. The van der Waals surface area contributed by atoms with Crippen LogP contribution in [0.2, 0.25) is 0 Å². The Morgan fingerprint density at radius 2 is 1.89 bits per heavy atom. The smallest absolute Gasteiger partial charge is 0.164 e. The molecule has 0 amide bonds. The molecule has 2 nitrogen and oxygen atoms in total. The molecule has 96 valence electrons. The zero-order valence-corrected chi connectivity index (χ0v) is 12.9. The minimum absolute atomic E-state index is 0.383. The molecule has 0 aliphatic rings. The predicted molar refractivity (Wildman–Crippen MR) is 82.5 cm³/mol. The molecule has 2 aromatic rings. The lowest BCUT2D eigenvalue weighted by atomic mass is 10.0. The van der Waals surface area contributed by atoms with Gasteiger partial charge in [-0.3, -0.25) is 0 Å². The number of hydrogen-bond acceptors (Lipinski definition) is 2. The molecule has 3 heteroatoms. The van der Waals surface area contributed by atoms with E-state index in [0.717, 1.165) is 22.5 Å². The third-order valence-corrected chi connectivity index (χ3v) is 3.62. The van der Waals surface area contributed by atoms with Crippen LogP contribution in [0.15, 0.2) is 40.8 Å². The lowest BCUT2D eigenvalue weighted by Crippen LogP contribution is -2.19. The quantitative estimate of drug-likeness (QED) is 0.803. The van der Waals surface area contributed by atoms with Gasteiger partial charge in [-0.2, -0.15) is 0 Å². The largest absolute Gasteiger partial charge is 0.454 e. The Balaban J connectivity index is 1.99. The molecule has 18 heavy (non-hydrogen) atoms. The Morgan fingerprint density at radius 1 is 1.17 bits per heavy atom. The first kappa shape index (κ1) is 13.6. The average Bonchev–Trinajstić information content (AvgIpc) is 2.78. The third-order valence-electron chi connectivity index (χ3n) is 3.04. The molecule has 1 N–H and O–H groups in total. The van der Waals surface area contributed by atoms with Gasteiger partial charge < -0.3 is 9.73 Å². The summed E-state index contributed by atoms with van der Waals surface area (Å²) in [7, 11) is 0. The molecule has 1 aromatic carbocycles. The first-order valence-electron chi connectivity index (χ1n) is 6.23. The lowest BCUT2D eigenvalue weighted by Gasteiger charge is -2.16. The van der Waals surface area contributed by atoms with E-state index in [4.69, 9.17) is 4.42 Å². The van der Waals surface area contributed by atoms with Gasteiger partial charge in [-0.15, -0.1) is 0 Å². The zero-order chi connectivity index (χ0) is 13.0. The van der Waals surface area contributed by atoms with E-state index in [2.05, 4.69) is 66.0 Å². The van der Waals surface area contributed by atoms with Gasteiger partial charge in [-0.1, -0.05) is 36.8 Å². The van der Waals surface area contributed by atoms with Gasteiger partial charge >= 0.3 is 0 Å². The fraction of sp³-hybridized carbons (Fsp3) is 0.333. The first-order chi connectivity index (χ1) is 8.69. The van der Waals surface area contributed by atoms with E-state index in [-0.39, 0.29) is 0 Å². The first-order valence-corrected chi connectivity index (χ1v) is 7.31. The highest BCUT2D eigenvalue weighted by molar-refractivity contribution is 14.1. The Hall–Kier alpha value is -0.810. The van der Waals surface area contributed by atoms with Crippen LogP contribution >= 0.6 is 22.6 Å². The molecular weight excluding hydrogens is 337 g/mol. The number of nitrogens with one attached hydrogen (secondary N) is 1. The monoisotopic (exact) mass is 355 g/mol. The number of halogens is 1. The minimum Gasteiger partial charge on any atom is -0.454 e. The van der Waals surface area contributed by atoms with E-state index in [1.54, 1.807) is 0 Å². The van der Waals surface area contributed by atoms with Crippen LogP contribution < -0.4 is 5.32 Å². The van der Waals surface area contributed by atoms with Gasteiger partial charge in [0.1, 0.15) is 5.76 Å². The van der Waals surface area contributed by atoms with Crippen LogP contribution in [-0.4, -0.2) is 0 Å². The van der Waals surface area contributed by atoms with Gasteiger partial charge in [0.2, 0.25) is 0 Å². The highest BCUT2D eigenvalue weighted by Crippen LogP contribution is 2.18. The van der Waals surface area contributed by atoms with Crippen LogP contribution in [0.5, 0.6) is 0 Å². The van der Waals surface area contributed by atoms with Crippen molar-refractivity contribution < 1.29 is 4.42 Å². The highest BCUT2D eigenvalue weighted by atomic mass is 127. The second kappa shape index (κ2) is 6.38. The van der Waals surface area contributed by atoms with Gasteiger partial charge in [0, 0.05) is 6.04 Å². The van der Waals surface area contributed by atoms with E-state index >= 15 is 0 Å². The maximum absolute atomic E-state index is 5.56. The predicted octanol–water partition coefficient (Wildman–Crippen LogP) is 4.43. The normalized spacial score (nSPS) is 12.6. The molecule has 0 spiro atoms. The van der Waals surface area contributed by atoms with Gasteiger partial charge in [0.25, 0.3) is 0 Å². The van der Waals surface area contributed by atoms with E-state index < -0.39 is 0 Å². The number of rotatable bonds is 5. The van der Waals surface area contributed by atoms with E-state index in [9.17, 15) is 0 Å². The van der Waals surface area contributed by atoms with Gasteiger partial charge in [0.15, 0.2) is 3.77 Å². The molecule has 1 heterocycles. The fourth-order valence-electron chi connectivity index (χ4n) is 1.97. The Bertz CT molecular complexity index is 489. The van der Waals surface area contributed by atoms with Gasteiger partial charge in [0.05, 0.1) is 6.54 Å². The van der Waals surface area contributed by atoms with Crippen molar-refractivity contribution in [3.05, 3.63) is 57.1 Å². The van der Waals surface area contributed by atoms with Crippen molar-refractivity contribution in [2.45, 2.75) is 32.9 Å². The maximum atomic E-state index is 5.56. The summed E-state index contributed by atoms with van der Waals surface area (Å²) in [6, 6.07) is 13.1. The standard InChI is InChI=1S/C15H18INO/c1-3-14(12-6-4-11(2)5-7-12)17-10-13-8-9-15(16)18-13/h4-9,14,17H,3,10H2,1-2H3. The van der Waals surface area contributed by atoms with Gasteiger partial charge in [-0.25, -0.2) is 0 Å². The zero-order valence-electron chi connectivity index (χ0n) is 10.7. The van der Waals surface area contributed by atoms with Crippen molar-refractivity contribution in [2.75, 3.05) is 0 Å². The van der Waals surface area contributed by atoms with E-state index in [1.807, 2.05) is 12.1 Å². The van der Waals surface area contributed by atoms with Crippen molar-refractivity contribution >= 4 is 22.6 Å². The van der Waals surface area contributed by atoms with Crippen molar-refractivity contribution in [3.8, 4) is 0 Å². The summed E-state index contributed by atoms with van der Waals surface area (Å²) in [6.45, 7) is 5.09. The van der Waals surface area contributed by atoms with Crippen LogP contribution in [0.25, 0.3) is 0 Å². The van der Waals surface area contributed by atoms with Crippen molar-refractivity contribution in [1.29, 1.82) is 0 Å². The summed E-state index contributed by atoms with van der Waals surface area (Å²) in [5.74, 6) is 0.991. The van der Waals surface area contributed by atoms with E-state index in [0.29, 0.717) is 6.04 Å². The summed E-state index contributed by atoms with van der Waals surface area (Å²) in [6.07, 6.45) is 1.07. The highest BCUT2D eigenvalue weighted by Gasteiger charge is 2.09. The molecule has 0 aliphatic heterocycles. The molecule has 0 aliphatic carbocycles. The second-order valence-electron chi connectivity index (χ2n) is 4.46. The molecular formula is C15H18INO. The summed E-state index contributed by atoms with van der Waals surface area (Å²) in [5.41, 5.74) is 2.64. The number of benzene rings is 1. The number of hydrogen-bond donors (Lipinski definition) is 1. The summed E-state index contributed by atoms with van der Waals surface area (Å²) in [5, 5.41) is 3.54. The third kappa shape index (κ3) is 3.59. The summed E-state index contributed by atoms with van der Waals surface area (Å²) >= 11 is 2.19. The molecule has 0 saturated carbocycles. The maximum Gasteiger partial charge on any atom is 0.164 e. The Kier molecular flexibility index (Phi) is 4.83. The van der Waals surface area contributed by atoms with Gasteiger partial charge in [-0.05, 0) is 53.6 Å². The van der Waals surface area contributed by atoms with Crippen LogP contribution in [-0.2, 0) is 6.54 Å². The van der Waals surface area contributed by atoms with E-state index in [1.165, 1.54) is 11.1 Å². The van der Waals surface area contributed by atoms with Crippen LogP contribution in [0.3, 0.4) is 0 Å². The Morgan fingerprint density at radius 3 is 2.44 bits per heavy atom. The molecule has 2 rings (SSSR count). The molecule has 0 fully saturated rings. The van der Waals surface area contributed by atoms with Crippen LogP contribution in [0, 0.1) is 10.7 Å². The lowest BCUT2D eigenvalue weighted by molar-refractivity contribution is 0.431. The molecule has 0 radical (unpaired) electrons. The van der Waals surface area contributed by atoms with Crippen molar-refractivity contribution in [3.63, 3.8) is 0 Å². The topological polar surface area (TPSA) is 25.2 Å². The van der Waals surface area contributed by atoms with Crippen molar-refractivity contribution in [1.82, 2.24) is 5.32 Å². The second-order valence-corrected chi connectivity index (χ2v) is 5.52. The van der Waals surface area contributed by atoms with Crippen LogP contribution in [0.1, 0.15) is 36.3 Å². The number of furan rings is 1. The van der Waals surface area contributed by atoms with Crippen molar-refractivity contribution in [2.24, 2.45) is 0 Å².